The maximum atomic E-state index is 12.8. The van der Waals surface area contributed by atoms with Gasteiger partial charge in [0.15, 0.2) is 5.75 Å². The molecule has 146 valence electrons. The van der Waals surface area contributed by atoms with E-state index >= 15 is 0 Å². The van der Waals surface area contributed by atoms with E-state index in [4.69, 9.17) is 21.1 Å². The summed E-state index contributed by atoms with van der Waals surface area (Å²) in [6.07, 6.45) is -5.47. The third-order valence-corrected chi connectivity index (χ3v) is 3.25. The molecule has 0 aliphatic heterocycles. The number of hydrogen-bond acceptors (Lipinski definition) is 5. The molecule has 0 heterocycles. The van der Waals surface area contributed by atoms with Crippen LogP contribution in [0.2, 0.25) is 5.02 Å². The van der Waals surface area contributed by atoms with Crippen molar-refractivity contribution in [3.8, 4) is 5.75 Å². The van der Waals surface area contributed by atoms with Gasteiger partial charge in [-0.2, -0.15) is 13.2 Å². The first-order chi connectivity index (χ1) is 11.7. The maximum Gasteiger partial charge on any atom is 0.418 e. The second-order valence-corrected chi connectivity index (χ2v) is 6.71. The molecule has 1 amide bonds. The Morgan fingerprint density at radius 2 is 1.88 bits per heavy atom. The number of halogens is 4. The summed E-state index contributed by atoms with van der Waals surface area (Å²) < 4.78 is 48.7. The predicted octanol–water partition coefficient (Wildman–Crippen LogP) is 4.51. The van der Waals surface area contributed by atoms with Crippen LogP contribution in [0.15, 0.2) is 12.1 Å². The van der Waals surface area contributed by atoms with Crippen molar-refractivity contribution < 1.29 is 32.4 Å². The highest BCUT2D eigenvalue weighted by Crippen LogP contribution is 2.41. The molecule has 0 atom stereocenters. The van der Waals surface area contributed by atoms with E-state index in [-0.39, 0.29) is 13.2 Å². The van der Waals surface area contributed by atoms with E-state index in [2.05, 4.69) is 0 Å². The molecule has 26 heavy (non-hydrogen) atoms. The van der Waals surface area contributed by atoms with Crippen LogP contribution in [-0.4, -0.2) is 41.7 Å². The molecule has 1 aromatic carbocycles. The summed E-state index contributed by atoms with van der Waals surface area (Å²) in [5.74, 6) is -0.425. The summed E-state index contributed by atoms with van der Waals surface area (Å²) in [7, 11) is 1.42. The van der Waals surface area contributed by atoms with Crippen molar-refractivity contribution in [1.29, 1.82) is 0 Å². The topological polar surface area (TPSA) is 81.9 Å². The minimum absolute atomic E-state index is 0.00922. The van der Waals surface area contributed by atoms with Crippen molar-refractivity contribution in [2.45, 2.75) is 32.5 Å². The van der Waals surface area contributed by atoms with Crippen LogP contribution >= 0.6 is 11.6 Å². The molecular weight excluding hydrogens is 381 g/mol. The number of amides is 1. The van der Waals surface area contributed by atoms with Gasteiger partial charge in [0.25, 0.3) is 0 Å². The van der Waals surface area contributed by atoms with Crippen LogP contribution in [0.4, 0.5) is 23.7 Å². The maximum absolute atomic E-state index is 12.8. The molecule has 0 aliphatic carbocycles. The van der Waals surface area contributed by atoms with Crippen LogP contribution in [0.3, 0.4) is 0 Å². The molecule has 7 nitrogen and oxygen atoms in total. The van der Waals surface area contributed by atoms with E-state index < -0.39 is 44.8 Å². The number of nitro benzene ring substituents is 1. The zero-order valence-corrected chi connectivity index (χ0v) is 15.3. The number of likely N-dealkylation sites (N-methyl/N-ethyl adjacent to an activating group) is 1. The summed E-state index contributed by atoms with van der Waals surface area (Å²) >= 11 is 5.55. The molecule has 11 heteroatoms. The monoisotopic (exact) mass is 398 g/mol. The molecule has 0 fully saturated rings. The highest BCUT2D eigenvalue weighted by Gasteiger charge is 2.36. The van der Waals surface area contributed by atoms with Gasteiger partial charge in [0.2, 0.25) is 0 Å². The summed E-state index contributed by atoms with van der Waals surface area (Å²) in [5.41, 5.74) is -2.91. The van der Waals surface area contributed by atoms with Gasteiger partial charge < -0.3 is 14.4 Å². The number of nitrogens with zero attached hydrogens (tertiary/aromatic N) is 2. The second-order valence-electron chi connectivity index (χ2n) is 6.31. The van der Waals surface area contributed by atoms with E-state index in [0.717, 1.165) is 6.07 Å². The SMILES string of the molecule is CN(CCOc1cc(Cl)c(C(F)(F)F)cc1[N+](=O)[O-])C(=O)OC(C)(C)C. The smallest absolute Gasteiger partial charge is 0.418 e. The van der Waals surface area contributed by atoms with Gasteiger partial charge in [-0.15, -0.1) is 0 Å². The molecule has 0 N–H and O–H groups in total. The number of alkyl halides is 3. The Hall–Kier alpha value is -2.23. The Morgan fingerprint density at radius 3 is 2.35 bits per heavy atom. The first kappa shape index (κ1) is 21.8. The van der Waals surface area contributed by atoms with E-state index in [1.165, 1.54) is 11.9 Å². The fourth-order valence-electron chi connectivity index (χ4n) is 1.74. The third kappa shape index (κ3) is 6.25. The van der Waals surface area contributed by atoms with Crippen LogP contribution in [0.5, 0.6) is 5.75 Å². The molecule has 1 rings (SSSR count). The number of benzene rings is 1. The molecule has 0 spiro atoms. The summed E-state index contributed by atoms with van der Waals surface area (Å²) in [6.45, 7) is 4.83. The lowest BCUT2D eigenvalue weighted by molar-refractivity contribution is -0.386. The molecule has 0 aliphatic rings. The zero-order chi connectivity index (χ0) is 20.3. The van der Waals surface area contributed by atoms with Gasteiger partial charge in [-0.25, -0.2) is 4.79 Å². The van der Waals surface area contributed by atoms with E-state index in [0.29, 0.717) is 6.07 Å². The fraction of sp³-hybridized carbons (Fsp3) is 0.533. The highest BCUT2D eigenvalue weighted by molar-refractivity contribution is 6.31. The number of hydrogen-bond donors (Lipinski definition) is 0. The lowest BCUT2D eigenvalue weighted by Gasteiger charge is -2.24. The molecule has 1 aromatic rings. The quantitative estimate of drug-likeness (QED) is 0.538. The number of carbonyl (C=O) groups is 1. The van der Waals surface area contributed by atoms with E-state index in [1.54, 1.807) is 20.8 Å². The van der Waals surface area contributed by atoms with Crippen molar-refractivity contribution in [2.24, 2.45) is 0 Å². The van der Waals surface area contributed by atoms with E-state index in [9.17, 15) is 28.1 Å². The number of ether oxygens (including phenoxy) is 2. The molecule has 0 unspecified atom stereocenters. The Kier molecular flexibility index (Phi) is 6.70. The molecule has 0 saturated heterocycles. The van der Waals surface area contributed by atoms with Gasteiger partial charge in [0, 0.05) is 19.2 Å². The Bertz CT molecular complexity index is 689. The van der Waals surface area contributed by atoms with Gasteiger partial charge in [-0.05, 0) is 20.8 Å². The summed E-state index contributed by atoms with van der Waals surface area (Å²) in [5, 5.41) is 10.3. The highest BCUT2D eigenvalue weighted by atomic mass is 35.5. The van der Waals surface area contributed by atoms with Gasteiger partial charge in [-0.1, -0.05) is 11.6 Å². The largest absolute Gasteiger partial charge is 0.485 e. The molecule has 0 saturated carbocycles. The number of nitro groups is 1. The van der Waals surface area contributed by atoms with E-state index in [1.807, 2.05) is 0 Å². The fourth-order valence-corrected chi connectivity index (χ4v) is 2.00. The van der Waals surface area contributed by atoms with Gasteiger partial charge in [0.05, 0.1) is 22.1 Å². The van der Waals surface area contributed by atoms with Gasteiger partial charge in [-0.3, -0.25) is 10.1 Å². The van der Waals surface area contributed by atoms with Crippen molar-refractivity contribution in [3.05, 3.63) is 32.8 Å². The van der Waals surface area contributed by atoms with Crippen LogP contribution in [0.1, 0.15) is 26.3 Å². The summed E-state index contributed by atoms with van der Waals surface area (Å²) in [6, 6.07) is 1.05. The Balaban J connectivity index is 2.86. The van der Waals surface area contributed by atoms with Crippen molar-refractivity contribution in [2.75, 3.05) is 20.2 Å². The predicted molar refractivity (Wildman–Crippen MR) is 87.5 cm³/mol. The van der Waals surface area contributed by atoms with Crippen LogP contribution in [0, 0.1) is 10.1 Å². The standard InChI is InChI=1S/C15H18ClF3N2O5/c1-14(2,3)26-13(22)20(4)5-6-25-12-8-10(16)9(15(17,18)19)7-11(12)21(23)24/h7-8H,5-6H2,1-4H3. The van der Waals surface area contributed by atoms with Crippen LogP contribution in [0.25, 0.3) is 0 Å². The van der Waals surface area contributed by atoms with Crippen molar-refractivity contribution in [1.82, 2.24) is 4.90 Å². The zero-order valence-electron chi connectivity index (χ0n) is 14.5. The van der Waals surface area contributed by atoms with Crippen molar-refractivity contribution in [3.63, 3.8) is 0 Å². The van der Waals surface area contributed by atoms with Gasteiger partial charge in [0.1, 0.15) is 12.2 Å². The van der Waals surface area contributed by atoms with Crippen LogP contribution in [-0.2, 0) is 10.9 Å². The normalized spacial score (nSPS) is 11.8. The minimum Gasteiger partial charge on any atom is -0.485 e. The molecule has 0 aromatic heterocycles. The average molecular weight is 399 g/mol. The first-order valence-electron chi connectivity index (χ1n) is 7.34. The summed E-state index contributed by atoms with van der Waals surface area (Å²) in [4.78, 5) is 23.0. The molecule has 0 radical (unpaired) electrons. The number of carbonyl (C=O) groups excluding carboxylic acids is 1. The van der Waals surface area contributed by atoms with Gasteiger partial charge >= 0.3 is 18.0 Å². The molecule has 0 bridgehead atoms. The molecular formula is C15H18ClF3N2O5. The Labute approximate surface area is 152 Å². The number of rotatable bonds is 5. The Morgan fingerprint density at radius 1 is 1.31 bits per heavy atom. The lowest BCUT2D eigenvalue weighted by Crippen LogP contribution is -2.36. The van der Waals surface area contributed by atoms with Crippen molar-refractivity contribution >= 4 is 23.4 Å². The average Bonchev–Trinajstić information content (AvgIpc) is 2.43. The lowest BCUT2D eigenvalue weighted by atomic mass is 10.2. The minimum atomic E-state index is -4.84. The first-order valence-corrected chi connectivity index (χ1v) is 7.72. The third-order valence-electron chi connectivity index (χ3n) is 2.94. The van der Waals surface area contributed by atoms with Crippen LogP contribution < -0.4 is 4.74 Å². The second kappa shape index (κ2) is 7.98.